The molecule has 3 fully saturated rings. The third-order valence-electron chi connectivity index (χ3n) is 13.1. The minimum atomic E-state index is -3.17. The number of halogens is 1. The molecule has 60 heavy (non-hydrogen) atoms. The summed E-state index contributed by atoms with van der Waals surface area (Å²) in [6.07, 6.45) is 1.41. The van der Waals surface area contributed by atoms with E-state index in [-0.39, 0.29) is 50.2 Å². The fourth-order valence-electron chi connectivity index (χ4n) is 9.31. The number of rotatable bonds is 12. The van der Waals surface area contributed by atoms with Crippen LogP contribution in [0.4, 0.5) is 9.18 Å². The van der Waals surface area contributed by atoms with Crippen LogP contribution in [0, 0.1) is 18.8 Å². The number of imidazole rings is 1. The van der Waals surface area contributed by atoms with E-state index in [4.69, 9.17) is 23.7 Å². The standard InChI is InChI=1S/C44H66FN5O10/c1-12-35-44(13-2)34(50(41(55)60-44)19-15-14-18-49-24-31(47-25-49)30-17-16-27(4)46-23-30)21-33(51)26(3)22-42(7,56-11)38(29(6)37(53)43(8,45)40(54)58-35)59-39-36(52)32(48(9)10)20-28(5)57-39/h16-17,23-26,28-29,32,34-36,38-39,52H,12-15,18-22H2,1-11H3/t26-,28-,29+,32+,34-,35-,36-,38-,39?,42-,43+,44+/m1/s1. The Morgan fingerprint density at radius 2 is 1.75 bits per heavy atom. The molecule has 0 saturated carbocycles. The molecule has 3 saturated heterocycles. The zero-order chi connectivity index (χ0) is 44.3. The number of aliphatic hydroxyl groups is 1. The van der Waals surface area contributed by atoms with Crippen LogP contribution in [0.1, 0.15) is 99.1 Å². The summed E-state index contributed by atoms with van der Waals surface area (Å²) >= 11 is 0. The van der Waals surface area contributed by atoms with E-state index in [2.05, 4.69) is 9.97 Å². The fourth-order valence-corrected chi connectivity index (χ4v) is 9.31. The van der Waals surface area contributed by atoms with Crippen LogP contribution in [-0.2, 0) is 44.6 Å². The van der Waals surface area contributed by atoms with Crippen molar-refractivity contribution in [2.45, 2.75) is 167 Å². The van der Waals surface area contributed by atoms with E-state index in [1.54, 1.807) is 40.2 Å². The summed E-state index contributed by atoms with van der Waals surface area (Å²) in [5.41, 5.74) is -3.52. The second-order valence-corrected chi connectivity index (χ2v) is 17.7. The van der Waals surface area contributed by atoms with Crippen molar-refractivity contribution in [3.8, 4) is 11.3 Å². The lowest BCUT2D eigenvalue weighted by Gasteiger charge is -2.47. The number of carbonyl (C=O) groups is 4. The lowest BCUT2D eigenvalue weighted by Crippen LogP contribution is -2.61. The van der Waals surface area contributed by atoms with Gasteiger partial charge in [0.15, 0.2) is 17.7 Å². The van der Waals surface area contributed by atoms with Crippen molar-refractivity contribution >= 4 is 23.6 Å². The van der Waals surface area contributed by atoms with Crippen LogP contribution in [0.3, 0.4) is 0 Å². The van der Waals surface area contributed by atoms with Gasteiger partial charge in [0.2, 0.25) is 0 Å². The number of amides is 1. The van der Waals surface area contributed by atoms with Gasteiger partial charge in [-0.3, -0.25) is 14.6 Å². The number of carbonyl (C=O) groups excluding carboxylic acids is 4. The van der Waals surface area contributed by atoms with Crippen molar-refractivity contribution in [3.63, 3.8) is 0 Å². The number of methoxy groups -OCH3 is 1. The van der Waals surface area contributed by atoms with Gasteiger partial charge in [-0.2, -0.15) is 0 Å². The highest BCUT2D eigenvalue weighted by Crippen LogP contribution is 2.44. The normalized spacial score (nSPS) is 35.9. The number of aliphatic hydroxyl groups excluding tert-OH is 1. The molecular formula is C44H66FN5O10. The summed E-state index contributed by atoms with van der Waals surface area (Å²) in [6, 6.07) is 2.66. The van der Waals surface area contributed by atoms with Gasteiger partial charge in [-0.15, -0.1) is 0 Å². The van der Waals surface area contributed by atoms with E-state index in [1.807, 2.05) is 55.7 Å². The largest absolute Gasteiger partial charge is 0.455 e. The number of nitrogens with zero attached hydrogens (tertiary/aromatic N) is 5. The predicted octanol–water partition coefficient (Wildman–Crippen LogP) is 5.47. The Balaban J connectivity index is 1.44. The van der Waals surface area contributed by atoms with Crippen LogP contribution in [0.25, 0.3) is 11.3 Å². The molecular weight excluding hydrogens is 778 g/mol. The number of fused-ring (bicyclic) bond motifs is 1. The summed E-state index contributed by atoms with van der Waals surface area (Å²) in [7, 11) is 5.06. The molecule has 334 valence electrons. The maximum absolute atomic E-state index is 16.9. The Kier molecular flexibility index (Phi) is 15.0. The van der Waals surface area contributed by atoms with Gasteiger partial charge in [-0.1, -0.05) is 27.7 Å². The van der Waals surface area contributed by atoms with Crippen LogP contribution in [0.15, 0.2) is 30.9 Å². The van der Waals surface area contributed by atoms with E-state index in [1.165, 1.54) is 18.9 Å². The molecule has 2 aromatic heterocycles. The van der Waals surface area contributed by atoms with E-state index in [9.17, 15) is 24.3 Å². The van der Waals surface area contributed by atoms with Crippen molar-refractivity contribution in [2.24, 2.45) is 11.8 Å². The number of ketones is 2. The maximum atomic E-state index is 16.9. The van der Waals surface area contributed by atoms with E-state index >= 15 is 4.39 Å². The SMILES string of the molecule is CC[C@H]1OC(=O)[C@@](C)(F)C(=O)[C@H](C)[C@@H](OC2O[C@H](C)C[C@H](N(C)C)[C@H]2O)[C@](C)(OC)C[C@@H](C)C(=O)C[C@H]2N(CCCCn3cnc(-c4ccc(C)nc4)c3)C(=O)O[C@]12CC. The first kappa shape index (κ1) is 47.2. The zero-order valence-corrected chi connectivity index (χ0v) is 37.2. The number of aryl methyl sites for hydroxylation is 2. The van der Waals surface area contributed by atoms with Gasteiger partial charge in [0.05, 0.1) is 35.9 Å². The van der Waals surface area contributed by atoms with Crippen LogP contribution in [0.5, 0.6) is 0 Å². The minimum absolute atomic E-state index is 0.0109. The maximum Gasteiger partial charge on any atom is 0.410 e. The molecule has 1 unspecified atom stereocenters. The molecule has 1 N–H and O–H groups in total. The number of Topliss-reactive ketones (excluding diaryl/α,β-unsaturated/α-hetero) is 2. The summed E-state index contributed by atoms with van der Waals surface area (Å²) in [4.78, 5) is 68.9. The van der Waals surface area contributed by atoms with Gasteiger partial charge >= 0.3 is 12.1 Å². The Hall–Kier alpha value is -3.83. The number of cyclic esters (lactones) is 1. The molecule has 16 heteroatoms. The van der Waals surface area contributed by atoms with Gasteiger partial charge in [0, 0.05) is 68.1 Å². The lowest BCUT2D eigenvalue weighted by atomic mass is 9.75. The van der Waals surface area contributed by atoms with Crippen molar-refractivity contribution in [2.75, 3.05) is 27.7 Å². The number of pyridine rings is 1. The first-order valence-corrected chi connectivity index (χ1v) is 21.3. The third-order valence-corrected chi connectivity index (χ3v) is 13.1. The number of unbranched alkanes of at least 4 members (excludes halogenated alkanes) is 1. The van der Waals surface area contributed by atoms with Crippen LogP contribution in [-0.4, -0.2) is 140 Å². The number of esters is 1. The molecule has 2 aromatic rings. The summed E-state index contributed by atoms with van der Waals surface area (Å²) in [5.74, 6) is -4.87. The summed E-state index contributed by atoms with van der Waals surface area (Å²) in [5, 5.41) is 11.4. The highest BCUT2D eigenvalue weighted by Gasteiger charge is 2.61. The molecule has 5 rings (SSSR count). The Bertz CT molecular complexity index is 1820. The molecule has 0 radical (unpaired) electrons. The van der Waals surface area contributed by atoms with E-state index in [0.29, 0.717) is 25.8 Å². The first-order chi connectivity index (χ1) is 28.2. The molecule has 0 bridgehead atoms. The summed E-state index contributed by atoms with van der Waals surface area (Å²) < 4.78 is 49.6. The number of likely N-dealkylation sites (N-methyl/N-ethyl adjacent to an activating group) is 1. The Labute approximate surface area is 353 Å². The molecule has 3 aliphatic heterocycles. The fraction of sp³-hybridized carbons (Fsp3) is 0.727. The molecule has 0 spiro atoms. The molecule has 15 nitrogen and oxygen atoms in total. The van der Waals surface area contributed by atoms with Crippen molar-refractivity contribution < 1.29 is 52.4 Å². The molecule has 1 amide bonds. The van der Waals surface area contributed by atoms with Crippen molar-refractivity contribution in [1.82, 2.24) is 24.3 Å². The van der Waals surface area contributed by atoms with Crippen molar-refractivity contribution in [3.05, 3.63) is 36.5 Å². The highest BCUT2D eigenvalue weighted by molar-refractivity contribution is 6.08. The quantitative estimate of drug-likeness (QED) is 0.162. The Morgan fingerprint density at radius 3 is 2.37 bits per heavy atom. The third kappa shape index (κ3) is 9.62. The average molecular weight is 844 g/mol. The van der Waals surface area contributed by atoms with Gasteiger partial charge < -0.3 is 43.2 Å². The van der Waals surface area contributed by atoms with Gasteiger partial charge in [0.1, 0.15) is 18.0 Å². The monoisotopic (exact) mass is 843 g/mol. The van der Waals surface area contributed by atoms with Gasteiger partial charge in [-0.05, 0) is 92.4 Å². The Morgan fingerprint density at radius 1 is 1.05 bits per heavy atom. The number of aromatic nitrogens is 3. The smallest absolute Gasteiger partial charge is 0.410 e. The summed E-state index contributed by atoms with van der Waals surface area (Å²) in [6.45, 7) is 13.8. The number of hydrogen-bond donors (Lipinski definition) is 1. The zero-order valence-electron chi connectivity index (χ0n) is 37.2. The minimum Gasteiger partial charge on any atom is -0.455 e. The van der Waals surface area contributed by atoms with Crippen molar-refractivity contribution in [1.29, 1.82) is 0 Å². The molecule has 0 aromatic carbocycles. The number of hydrogen-bond acceptors (Lipinski definition) is 13. The second-order valence-electron chi connectivity index (χ2n) is 17.7. The molecule has 0 aliphatic carbocycles. The molecule has 12 atom stereocenters. The number of ether oxygens (including phenoxy) is 5. The number of alkyl halides is 1. The van der Waals surface area contributed by atoms with Crippen LogP contribution in [0.2, 0.25) is 0 Å². The predicted molar refractivity (Wildman–Crippen MR) is 219 cm³/mol. The lowest BCUT2D eigenvalue weighted by molar-refractivity contribution is -0.295. The van der Waals surface area contributed by atoms with Crippen LogP contribution < -0.4 is 0 Å². The van der Waals surface area contributed by atoms with E-state index < -0.39 is 77.2 Å². The second kappa shape index (κ2) is 19.1. The van der Waals surface area contributed by atoms with E-state index in [0.717, 1.165) is 23.9 Å². The molecule has 5 heterocycles. The molecule has 3 aliphatic rings. The highest BCUT2D eigenvalue weighted by atomic mass is 19.1. The van der Waals surface area contributed by atoms with Crippen LogP contribution >= 0.6 is 0 Å². The van der Waals surface area contributed by atoms with Gasteiger partial charge in [-0.25, -0.2) is 19.0 Å². The van der Waals surface area contributed by atoms with Gasteiger partial charge in [0.25, 0.3) is 5.67 Å². The average Bonchev–Trinajstić information content (AvgIpc) is 3.79. The first-order valence-electron chi connectivity index (χ1n) is 21.3. The topological polar surface area (TPSA) is 172 Å².